The van der Waals surface area contributed by atoms with Crippen LogP contribution in [0.3, 0.4) is 0 Å². The summed E-state index contributed by atoms with van der Waals surface area (Å²) in [5, 5.41) is 11.9. The molecule has 0 heterocycles. The van der Waals surface area contributed by atoms with Crippen LogP contribution in [0.2, 0.25) is 0 Å². The van der Waals surface area contributed by atoms with Crippen molar-refractivity contribution in [2.24, 2.45) is 5.92 Å². The van der Waals surface area contributed by atoms with Crippen molar-refractivity contribution in [2.45, 2.75) is 45.3 Å². The van der Waals surface area contributed by atoms with Gasteiger partial charge in [0.1, 0.15) is 0 Å². The van der Waals surface area contributed by atoms with Crippen molar-refractivity contribution in [3.05, 3.63) is 0 Å². The average molecular weight is 227 g/mol. The molecule has 0 aliphatic carbocycles. The predicted molar refractivity (Wildman–Crippen MR) is 53.6 cm³/mol. The molecule has 2 nitrogen and oxygen atoms in total. The molecule has 0 amide bonds. The molecule has 0 saturated carbocycles. The molecule has 5 heteroatoms. The molecule has 0 aliphatic heterocycles. The number of nitrogens with one attached hydrogen (secondary N) is 1. The number of hydrogen-bond acceptors (Lipinski definition) is 2. The van der Waals surface area contributed by atoms with Crippen LogP contribution >= 0.6 is 0 Å². The molecule has 2 N–H and O–H groups in total. The first-order valence-corrected chi connectivity index (χ1v) is 5.26. The summed E-state index contributed by atoms with van der Waals surface area (Å²) in [5.74, 6) is 0.428. The van der Waals surface area contributed by atoms with Crippen molar-refractivity contribution >= 4 is 0 Å². The van der Waals surface area contributed by atoms with E-state index in [2.05, 4.69) is 5.32 Å². The van der Waals surface area contributed by atoms with E-state index in [-0.39, 0.29) is 19.1 Å². The molecule has 0 rings (SSSR count). The highest BCUT2D eigenvalue weighted by atomic mass is 19.4. The van der Waals surface area contributed by atoms with Gasteiger partial charge in [-0.2, -0.15) is 13.2 Å². The van der Waals surface area contributed by atoms with E-state index >= 15 is 0 Å². The Labute approximate surface area is 88.9 Å². The molecule has 0 fully saturated rings. The third-order valence-corrected chi connectivity index (χ3v) is 2.05. The lowest BCUT2D eigenvalue weighted by Crippen LogP contribution is -2.34. The summed E-state index contributed by atoms with van der Waals surface area (Å²) in [6, 6.07) is -0.0850. The fraction of sp³-hybridized carbons (Fsp3) is 1.00. The topological polar surface area (TPSA) is 32.3 Å². The number of aliphatic hydroxyl groups excluding tert-OH is 1. The molecular weight excluding hydrogens is 207 g/mol. The van der Waals surface area contributed by atoms with Gasteiger partial charge in [0.15, 0.2) is 0 Å². The third kappa shape index (κ3) is 10.0. The maximum absolute atomic E-state index is 11.8. The molecule has 0 aromatic rings. The van der Waals surface area contributed by atoms with E-state index in [1.807, 2.05) is 13.8 Å². The lowest BCUT2D eigenvalue weighted by atomic mass is 10.0. The number of hydrogen-bond donors (Lipinski definition) is 2. The number of rotatable bonds is 7. The van der Waals surface area contributed by atoms with Crippen LogP contribution in [0.15, 0.2) is 0 Å². The van der Waals surface area contributed by atoms with Gasteiger partial charge in [-0.3, -0.25) is 0 Å². The molecule has 15 heavy (non-hydrogen) atoms. The zero-order chi connectivity index (χ0) is 11.9. The van der Waals surface area contributed by atoms with E-state index in [0.29, 0.717) is 12.5 Å². The molecule has 0 spiro atoms. The van der Waals surface area contributed by atoms with Crippen molar-refractivity contribution in [3.63, 3.8) is 0 Å². The first-order valence-electron chi connectivity index (χ1n) is 5.26. The Bertz CT molecular complexity index is 159. The van der Waals surface area contributed by atoms with Gasteiger partial charge in [0.25, 0.3) is 0 Å². The monoisotopic (exact) mass is 227 g/mol. The quantitative estimate of drug-likeness (QED) is 0.654. The molecule has 1 atom stereocenters. The van der Waals surface area contributed by atoms with Gasteiger partial charge in [0.05, 0.1) is 6.61 Å². The van der Waals surface area contributed by atoms with Crippen LogP contribution in [0.4, 0.5) is 13.2 Å². The van der Waals surface area contributed by atoms with E-state index in [4.69, 9.17) is 5.11 Å². The second kappa shape index (κ2) is 7.06. The van der Waals surface area contributed by atoms with Crippen LogP contribution in [0.1, 0.15) is 33.1 Å². The fourth-order valence-electron chi connectivity index (χ4n) is 1.39. The Hall–Kier alpha value is -0.290. The summed E-state index contributed by atoms with van der Waals surface area (Å²) in [6.07, 6.45) is -3.99. The van der Waals surface area contributed by atoms with Gasteiger partial charge in [-0.15, -0.1) is 0 Å². The van der Waals surface area contributed by atoms with Gasteiger partial charge in [-0.1, -0.05) is 13.8 Å². The Morgan fingerprint density at radius 2 is 1.87 bits per heavy atom. The SMILES string of the molecule is CC(C)CC(CO)NCCCC(F)(F)F. The van der Waals surface area contributed by atoms with Crippen LogP contribution in [0, 0.1) is 5.92 Å². The zero-order valence-corrected chi connectivity index (χ0v) is 9.27. The fourth-order valence-corrected chi connectivity index (χ4v) is 1.39. The van der Waals surface area contributed by atoms with Gasteiger partial charge in [-0.25, -0.2) is 0 Å². The Kier molecular flexibility index (Phi) is 6.92. The predicted octanol–water partition coefficient (Wildman–Crippen LogP) is 2.33. The summed E-state index contributed by atoms with van der Waals surface area (Å²) >= 11 is 0. The second-order valence-electron chi connectivity index (χ2n) is 4.18. The standard InChI is InChI=1S/C10H20F3NO/c1-8(2)6-9(7-15)14-5-3-4-10(11,12)13/h8-9,14-15H,3-7H2,1-2H3. The number of aliphatic hydroxyl groups is 1. The molecule has 0 saturated heterocycles. The molecule has 0 aliphatic rings. The Morgan fingerprint density at radius 1 is 1.27 bits per heavy atom. The first-order chi connectivity index (χ1) is 6.85. The van der Waals surface area contributed by atoms with E-state index in [1.54, 1.807) is 0 Å². The Balaban J connectivity index is 3.55. The van der Waals surface area contributed by atoms with Crippen molar-refractivity contribution in [2.75, 3.05) is 13.2 Å². The summed E-state index contributed by atoms with van der Waals surface area (Å²) < 4.78 is 35.4. The summed E-state index contributed by atoms with van der Waals surface area (Å²) in [7, 11) is 0. The third-order valence-electron chi connectivity index (χ3n) is 2.05. The average Bonchev–Trinajstić information content (AvgIpc) is 2.08. The normalized spacial score (nSPS) is 14.6. The van der Waals surface area contributed by atoms with Gasteiger partial charge < -0.3 is 10.4 Å². The number of halogens is 3. The van der Waals surface area contributed by atoms with Gasteiger partial charge in [0, 0.05) is 12.5 Å². The minimum Gasteiger partial charge on any atom is -0.395 e. The highest BCUT2D eigenvalue weighted by molar-refractivity contribution is 4.67. The molecular formula is C10H20F3NO. The van der Waals surface area contributed by atoms with E-state index in [1.165, 1.54) is 0 Å². The van der Waals surface area contributed by atoms with E-state index in [9.17, 15) is 13.2 Å². The van der Waals surface area contributed by atoms with Crippen LogP contribution < -0.4 is 5.32 Å². The van der Waals surface area contributed by atoms with Crippen molar-refractivity contribution < 1.29 is 18.3 Å². The van der Waals surface area contributed by atoms with Gasteiger partial charge in [-0.05, 0) is 25.3 Å². The van der Waals surface area contributed by atoms with Crippen LogP contribution in [0.5, 0.6) is 0 Å². The minimum absolute atomic E-state index is 0.0236. The summed E-state index contributed by atoms with van der Waals surface area (Å²) in [5.41, 5.74) is 0. The van der Waals surface area contributed by atoms with E-state index < -0.39 is 12.6 Å². The zero-order valence-electron chi connectivity index (χ0n) is 9.27. The molecule has 0 aromatic carbocycles. The smallest absolute Gasteiger partial charge is 0.389 e. The van der Waals surface area contributed by atoms with E-state index in [0.717, 1.165) is 6.42 Å². The summed E-state index contributed by atoms with van der Waals surface area (Å²) in [4.78, 5) is 0. The lowest BCUT2D eigenvalue weighted by Gasteiger charge is -2.18. The number of alkyl halides is 3. The van der Waals surface area contributed by atoms with Crippen LogP contribution in [-0.2, 0) is 0 Å². The Morgan fingerprint density at radius 3 is 2.27 bits per heavy atom. The maximum atomic E-state index is 11.8. The van der Waals surface area contributed by atoms with Crippen LogP contribution in [0.25, 0.3) is 0 Å². The van der Waals surface area contributed by atoms with Gasteiger partial charge >= 0.3 is 6.18 Å². The molecule has 1 unspecified atom stereocenters. The van der Waals surface area contributed by atoms with Crippen molar-refractivity contribution in [1.82, 2.24) is 5.32 Å². The largest absolute Gasteiger partial charge is 0.395 e. The van der Waals surface area contributed by atoms with Crippen molar-refractivity contribution in [1.29, 1.82) is 0 Å². The molecule has 0 radical (unpaired) electrons. The highest BCUT2D eigenvalue weighted by Crippen LogP contribution is 2.20. The highest BCUT2D eigenvalue weighted by Gasteiger charge is 2.25. The molecule has 0 bridgehead atoms. The lowest BCUT2D eigenvalue weighted by molar-refractivity contribution is -0.135. The minimum atomic E-state index is -4.07. The van der Waals surface area contributed by atoms with Crippen molar-refractivity contribution in [3.8, 4) is 0 Å². The first kappa shape index (κ1) is 14.7. The second-order valence-corrected chi connectivity index (χ2v) is 4.18. The van der Waals surface area contributed by atoms with Gasteiger partial charge in [0.2, 0.25) is 0 Å². The molecule has 92 valence electrons. The maximum Gasteiger partial charge on any atom is 0.389 e. The molecule has 0 aromatic heterocycles. The van der Waals surface area contributed by atoms with Crippen LogP contribution in [-0.4, -0.2) is 30.5 Å². The summed E-state index contributed by atoms with van der Waals surface area (Å²) in [6.45, 7) is 4.31.